The maximum Gasteiger partial charge on any atom is 0.411 e. The topological polar surface area (TPSA) is 231 Å². The first-order valence-electron chi connectivity index (χ1n) is 24.3. The second-order valence-corrected chi connectivity index (χ2v) is 17.0. The van der Waals surface area contributed by atoms with Crippen molar-refractivity contribution in [1.29, 1.82) is 0 Å². The lowest BCUT2D eigenvalue weighted by molar-refractivity contribution is -0.135. The minimum absolute atomic E-state index is 0.0352. The van der Waals surface area contributed by atoms with Crippen LogP contribution in [0.1, 0.15) is 55.8 Å². The number of nitrogens with one attached hydrogen (secondary N) is 6. The summed E-state index contributed by atoms with van der Waals surface area (Å²) in [6.45, 7) is 2.32. The van der Waals surface area contributed by atoms with E-state index in [-0.39, 0.29) is 36.3 Å². The van der Waals surface area contributed by atoms with Crippen LogP contribution in [0.4, 0.5) is 21.9 Å². The van der Waals surface area contributed by atoms with Crippen LogP contribution in [0.25, 0.3) is 21.8 Å². The first kappa shape index (κ1) is 51.6. The Hall–Kier alpha value is -9.77. The molecular formula is C58H54N10O7. The van der Waals surface area contributed by atoms with E-state index in [0.717, 1.165) is 81.4 Å². The van der Waals surface area contributed by atoms with Gasteiger partial charge in [0.1, 0.15) is 23.4 Å². The molecule has 7 heterocycles. The molecule has 0 bridgehead atoms. The molecule has 2 aromatic heterocycles. The second-order valence-electron chi connectivity index (χ2n) is 17.0. The summed E-state index contributed by atoms with van der Waals surface area (Å²) in [5.74, 6) is 0.256. The number of benzene rings is 7. The number of amides is 4. The summed E-state index contributed by atoms with van der Waals surface area (Å²) in [5.41, 5.74) is 10.7. The molecule has 4 amide bonds. The molecule has 0 saturated heterocycles. The molecule has 6 N–H and O–H groups in total. The van der Waals surface area contributed by atoms with Crippen molar-refractivity contribution in [2.75, 3.05) is 35.6 Å². The Morgan fingerprint density at radius 2 is 1.01 bits per heavy atom. The van der Waals surface area contributed by atoms with Gasteiger partial charge in [0.25, 0.3) is 11.8 Å². The number of H-pyrrole nitrogens is 1. The van der Waals surface area contributed by atoms with Gasteiger partial charge in [-0.05, 0) is 90.9 Å². The number of fused-ring (bicyclic) bond motifs is 7. The predicted molar refractivity (Wildman–Crippen MR) is 287 cm³/mol. The second kappa shape index (κ2) is 26.6. The van der Waals surface area contributed by atoms with Crippen LogP contribution in [0.3, 0.4) is 0 Å². The van der Waals surface area contributed by atoms with E-state index in [4.69, 9.17) is 9.47 Å². The lowest BCUT2D eigenvalue weighted by Crippen LogP contribution is -2.31. The predicted octanol–water partition coefficient (Wildman–Crippen LogP) is 9.26. The summed E-state index contributed by atoms with van der Waals surface area (Å²) in [7, 11) is 0. The Kier molecular flexibility index (Phi) is 18.3. The van der Waals surface area contributed by atoms with E-state index in [2.05, 4.69) is 76.5 Å². The summed E-state index contributed by atoms with van der Waals surface area (Å²) >= 11 is 0. The number of aromatic nitrogens is 5. The molecule has 0 aliphatic carbocycles. The van der Waals surface area contributed by atoms with Crippen molar-refractivity contribution in [2.24, 2.45) is 0 Å². The highest BCUT2D eigenvalue weighted by Crippen LogP contribution is 2.24. The Bertz CT molecular complexity index is 3220. The van der Waals surface area contributed by atoms with Crippen LogP contribution in [0, 0.1) is 0 Å². The van der Waals surface area contributed by atoms with E-state index in [1.165, 1.54) is 24.1 Å². The number of aryl methyl sites for hydroxylation is 2. The molecule has 17 heteroatoms. The van der Waals surface area contributed by atoms with Crippen molar-refractivity contribution in [3.63, 3.8) is 0 Å². The third-order valence-corrected chi connectivity index (χ3v) is 11.8. The Morgan fingerprint density at radius 1 is 0.440 bits per heavy atom. The molecule has 0 unspecified atom stereocenters. The quantitative estimate of drug-likeness (QED) is 0.0617. The summed E-state index contributed by atoms with van der Waals surface area (Å²) in [6, 6.07) is 54.1. The summed E-state index contributed by atoms with van der Waals surface area (Å²) in [6.07, 6.45) is 7.95. The van der Waals surface area contributed by atoms with Gasteiger partial charge in [0.2, 0.25) is 5.91 Å². The average molecular weight is 1000 g/mol. The SMILES string of the molecule is O=C1CCc2ccccc2O1.O=C1CNC(=O)c2ccccc2N1.O=C1NCCc2ccccc21.O=C1Nc2ccccc2CO1.c1ccc2c(c1)CCCN2.c1ccc2cnncc2c1.c1ccc2n[nH]nc2c1. The molecule has 5 aliphatic heterocycles. The van der Waals surface area contributed by atoms with Gasteiger partial charge in [0.15, 0.2) is 0 Å². The maximum atomic E-state index is 11.3. The summed E-state index contributed by atoms with van der Waals surface area (Å²) in [5, 5.41) is 34.0. The number of ether oxygens (including phenoxy) is 2. The lowest BCUT2D eigenvalue weighted by Gasteiger charge is -2.16. The minimum Gasteiger partial charge on any atom is -0.444 e. The molecule has 0 atom stereocenters. The largest absolute Gasteiger partial charge is 0.444 e. The number of carbonyl (C=O) groups excluding carboxylic acids is 5. The van der Waals surface area contributed by atoms with Gasteiger partial charge in [0, 0.05) is 40.7 Å². The Labute approximate surface area is 432 Å². The maximum absolute atomic E-state index is 11.3. The monoisotopic (exact) mass is 1000 g/mol. The first-order chi connectivity index (χ1) is 36.8. The Balaban J connectivity index is 0.000000116. The fourth-order valence-electron chi connectivity index (χ4n) is 8.02. The third kappa shape index (κ3) is 15.1. The van der Waals surface area contributed by atoms with Gasteiger partial charge in [-0.3, -0.25) is 24.5 Å². The number of hydrogen-bond acceptors (Lipinski definition) is 12. The summed E-state index contributed by atoms with van der Waals surface area (Å²) in [4.78, 5) is 55.1. The van der Waals surface area contributed by atoms with Crippen molar-refractivity contribution in [3.05, 3.63) is 216 Å². The molecule has 14 rings (SSSR count). The van der Waals surface area contributed by atoms with E-state index in [1.807, 2.05) is 121 Å². The van der Waals surface area contributed by atoms with E-state index in [1.54, 1.807) is 36.7 Å². The standard InChI is InChI=1S/C9H8N2O2.C9H9NO.C9H11N.C9H8O2.C8H6N2.C8H7NO2.C6H5N3/c12-8-5-10-9(13)6-3-1-2-4-7(6)11-8;11-9-8-4-2-1-3-7(8)5-6-10-9;1-2-6-9-8(4-1)5-3-7-10-9;10-9-6-5-7-3-1-2-4-8(7)11-9;1-2-4-8-6-10-9-5-7(8)3-1;10-8-9-7-4-2-1-3-6(7)5-11-8;1-2-4-6-5(3-1)7-9-8-6/h1-4H,5H2,(H,10,13)(H,11,12);1-4H,5-6H2,(H,10,11);1-2,4,6,10H,3,5,7H2;1-4H,5-6H2;1-6H;1-4H,5H2,(H,9,10);1-4H,(H,7,8,9). The van der Waals surface area contributed by atoms with E-state index in [0.29, 0.717) is 24.3 Å². The van der Waals surface area contributed by atoms with Crippen LogP contribution in [0.15, 0.2) is 182 Å². The van der Waals surface area contributed by atoms with Gasteiger partial charge >= 0.3 is 12.1 Å². The van der Waals surface area contributed by atoms with Crippen molar-refractivity contribution >= 4 is 68.7 Å². The van der Waals surface area contributed by atoms with Gasteiger partial charge in [-0.15, -0.1) is 0 Å². The molecule has 0 spiro atoms. The van der Waals surface area contributed by atoms with Crippen LogP contribution in [-0.4, -0.2) is 75.0 Å². The molecule has 0 saturated carbocycles. The highest BCUT2D eigenvalue weighted by Gasteiger charge is 2.18. The minimum atomic E-state index is -0.372. The zero-order valence-corrected chi connectivity index (χ0v) is 40.8. The molecule has 17 nitrogen and oxygen atoms in total. The van der Waals surface area contributed by atoms with Crippen LogP contribution >= 0.6 is 0 Å². The molecule has 75 heavy (non-hydrogen) atoms. The number of esters is 1. The number of anilines is 3. The van der Waals surface area contributed by atoms with Gasteiger partial charge in [-0.2, -0.15) is 25.6 Å². The fraction of sp³-hybridized carbons (Fsp3) is 0.155. The number of aromatic amines is 1. The molecule has 0 fully saturated rings. The average Bonchev–Trinajstić information content (AvgIpc) is 3.90. The molecule has 0 radical (unpaired) electrons. The number of para-hydroxylation sites is 6. The van der Waals surface area contributed by atoms with Crippen molar-refractivity contribution in [2.45, 2.75) is 38.7 Å². The Morgan fingerprint density at radius 3 is 1.72 bits per heavy atom. The fourth-order valence-corrected chi connectivity index (χ4v) is 8.02. The first-order valence-corrected chi connectivity index (χ1v) is 24.3. The number of rotatable bonds is 0. The van der Waals surface area contributed by atoms with E-state index >= 15 is 0 Å². The highest BCUT2D eigenvalue weighted by molar-refractivity contribution is 6.08. The highest BCUT2D eigenvalue weighted by atomic mass is 16.6. The number of carbonyl (C=O) groups is 5. The van der Waals surface area contributed by atoms with E-state index < -0.39 is 0 Å². The third-order valence-electron chi connectivity index (χ3n) is 11.8. The molecule has 378 valence electrons. The van der Waals surface area contributed by atoms with Crippen LogP contribution in [0.2, 0.25) is 0 Å². The molecule has 5 aliphatic rings. The van der Waals surface area contributed by atoms with Crippen molar-refractivity contribution in [1.82, 2.24) is 36.2 Å². The molecule has 9 aromatic rings. The van der Waals surface area contributed by atoms with Crippen LogP contribution in [0.5, 0.6) is 5.75 Å². The van der Waals surface area contributed by atoms with Gasteiger partial charge in [-0.1, -0.05) is 121 Å². The zero-order valence-electron chi connectivity index (χ0n) is 40.8. The van der Waals surface area contributed by atoms with Gasteiger partial charge < -0.3 is 30.7 Å². The summed E-state index contributed by atoms with van der Waals surface area (Å²) < 4.78 is 9.75. The lowest BCUT2D eigenvalue weighted by atomic mass is 10.0. The molecule has 7 aromatic carbocycles. The smallest absolute Gasteiger partial charge is 0.411 e. The van der Waals surface area contributed by atoms with Gasteiger partial charge in [-0.25, -0.2) is 4.79 Å². The molecular weight excluding hydrogens is 949 g/mol. The number of cyclic esters (lactones) is 1. The van der Waals surface area contributed by atoms with E-state index in [9.17, 15) is 24.0 Å². The number of hydrogen-bond donors (Lipinski definition) is 6. The number of nitrogens with zero attached hydrogens (tertiary/aromatic N) is 4. The van der Waals surface area contributed by atoms with Gasteiger partial charge in [0.05, 0.1) is 42.3 Å². The zero-order chi connectivity index (χ0) is 52.0. The van der Waals surface area contributed by atoms with Crippen LogP contribution < -0.4 is 31.3 Å². The van der Waals surface area contributed by atoms with Crippen molar-refractivity contribution in [3.8, 4) is 5.75 Å². The normalized spacial score (nSPS) is 14.0. The van der Waals surface area contributed by atoms with Crippen molar-refractivity contribution < 1.29 is 33.4 Å². The van der Waals surface area contributed by atoms with Crippen LogP contribution in [-0.2, 0) is 40.2 Å².